The summed E-state index contributed by atoms with van der Waals surface area (Å²) in [6, 6.07) is 0. The van der Waals surface area contributed by atoms with Crippen molar-refractivity contribution in [2.75, 3.05) is 0 Å². The van der Waals surface area contributed by atoms with Gasteiger partial charge in [0.2, 0.25) is 0 Å². The van der Waals surface area contributed by atoms with Gasteiger partial charge in [-0.3, -0.25) is 0 Å². The molecule has 0 spiro atoms. The lowest BCUT2D eigenvalue weighted by Crippen LogP contribution is -2.54. The molecular weight excluding hydrogens is 296 g/mol. The van der Waals surface area contributed by atoms with E-state index in [0.717, 1.165) is 44.9 Å². The molecule has 2 nitrogen and oxygen atoms in total. The first-order valence-electron chi connectivity index (χ1n) is 9.62. The summed E-state index contributed by atoms with van der Waals surface area (Å²) < 4.78 is 0. The number of aliphatic hydroxyl groups is 2. The zero-order valence-corrected chi connectivity index (χ0v) is 15.0. The van der Waals surface area contributed by atoms with Crippen LogP contribution in [0.15, 0.2) is 0 Å². The molecule has 0 aromatic carbocycles. The molecule has 2 heteroatoms. The summed E-state index contributed by atoms with van der Waals surface area (Å²) >= 11 is 0. The fourth-order valence-corrected chi connectivity index (χ4v) is 7.62. The summed E-state index contributed by atoms with van der Waals surface area (Å²) in [6.07, 6.45) is 19.1. The number of rotatable bonds is 0. The molecule has 4 rings (SSSR count). The summed E-state index contributed by atoms with van der Waals surface area (Å²) in [5.41, 5.74) is -1.85. The van der Waals surface area contributed by atoms with Crippen LogP contribution in [0.3, 0.4) is 0 Å². The SMILES string of the molecule is C#C[C@@]1(O)CC2CC[C@@H]3[C@H](CC[C@@]4(C)[C@H]3CC[C@@]4(O)C#C)[C@@]2(C)C1. The fraction of sp³-hybridized carbons (Fsp3) is 0.818. The van der Waals surface area contributed by atoms with Gasteiger partial charge in [-0.2, -0.15) is 0 Å². The van der Waals surface area contributed by atoms with Gasteiger partial charge in [-0.05, 0) is 80.5 Å². The third-order valence-corrected chi connectivity index (χ3v) is 8.98. The van der Waals surface area contributed by atoms with Crippen LogP contribution in [0, 0.1) is 59.2 Å². The lowest BCUT2D eigenvalue weighted by Gasteiger charge is -2.58. The Labute approximate surface area is 146 Å². The molecule has 0 amide bonds. The zero-order chi connectivity index (χ0) is 17.4. The van der Waals surface area contributed by atoms with Crippen molar-refractivity contribution in [3.63, 3.8) is 0 Å². The van der Waals surface area contributed by atoms with Gasteiger partial charge in [-0.15, -0.1) is 12.8 Å². The van der Waals surface area contributed by atoms with Gasteiger partial charge in [0.05, 0.1) is 0 Å². The first-order valence-corrected chi connectivity index (χ1v) is 9.62. The molecule has 0 aliphatic heterocycles. The molecule has 0 aromatic heterocycles. The molecule has 0 heterocycles. The van der Waals surface area contributed by atoms with Crippen molar-refractivity contribution in [1.29, 1.82) is 0 Å². The second-order valence-corrected chi connectivity index (χ2v) is 9.71. The van der Waals surface area contributed by atoms with E-state index in [2.05, 4.69) is 25.7 Å². The van der Waals surface area contributed by atoms with E-state index in [1.54, 1.807) is 0 Å². The Morgan fingerprint density at radius 2 is 1.62 bits per heavy atom. The summed E-state index contributed by atoms with van der Waals surface area (Å²) in [7, 11) is 0. The second-order valence-electron chi connectivity index (χ2n) is 9.71. The molecule has 0 radical (unpaired) electrons. The second kappa shape index (κ2) is 4.81. The van der Waals surface area contributed by atoms with Crippen LogP contribution in [0.5, 0.6) is 0 Å². The topological polar surface area (TPSA) is 40.5 Å². The Hall–Kier alpha value is -0.960. The summed E-state index contributed by atoms with van der Waals surface area (Å²) in [5.74, 6) is 7.70. The highest BCUT2D eigenvalue weighted by Crippen LogP contribution is 2.69. The number of hydrogen-bond donors (Lipinski definition) is 2. The van der Waals surface area contributed by atoms with Crippen molar-refractivity contribution < 1.29 is 10.2 Å². The highest BCUT2D eigenvalue weighted by atomic mass is 16.3. The zero-order valence-electron chi connectivity index (χ0n) is 15.0. The van der Waals surface area contributed by atoms with E-state index in [9.17, 15) is 10.2 Å². The first-order chi connectivity index (χ1) is 11.2. The number of fused-ring (bicyclic) bond motifs is 5. The van der Waals surface area contributed by atoms with Gasteiger partial charge in [0.25, 0.3) is 0 Å². The summed E-state index contributed by atoms with van der Waals surface area (Å²) in [5, 5.41) is 21.8. The van der Waals surface area contributed by atoms with E-state index >= 15 is 0 Å². The minimum absolute atomic E-state index is 0.141. The van der Waals surface area contributed by atoms with Crippen LogP contribution in [-0.4, -0.2) is 21.4 Å². The van der Waals surface area contributed by atoms with E-state index in [1.165, 1.54) is 6.42 Å². The van der Waals surface area contributed by atoms with Crippen molar-refractivity contribution >= 4 is 0 Å². The monoisotopic (exact) mass is 326 g/mol. The maximum atomic E-state index is 11.0. The average Bonchev–Trinajstić information content (AvgIpc) is 2.99. The molecule has 0 bridgehead atoms. The van der Waals surface area contributed by atoms with Crippen LogP contribution in [-0.2, 0) is 0 Å². The maximum absolute atomic E-state index is 11.0. The average molecular weight is 326 g/mol. The van der Waals surface area contributed by atoms with Gasteiger partial charge in [0.1, 0.15) is 11.2 Å². The maximum Gasteiger partial charge on any atom is 0.130 e. The smallest absolute Gasteiger partial charge is 0.130 e. The van der Waals surface area contributed by atoms with Crippen molar-refractivity contribution in [3.8, 4) is 24.7 Å². The van der Waals surface area contributed by atoms with E-state index in [0.29, 0.717) is 23.7 Å². The Bertz CT molecular complexity index is 641. The van der Waals surface area contributed by atoms with Crippen molar-refractivity contribution in [1.82, 2.24) is 0 Å². The van der Waals surface area contributed by atoms with Crippen LogP contribution < -0.4 is 0 Å². The van der Waals surface area contributed by atoms with Gasteiger partial charge >= 0.3 is 0 Å². The standard InChI is InChI=1S/C22H30O2/c1-5-21(23)13-15-7-8-16-17(19(15,3)14-21)9-11-20(4)18(16)10-12-22(20,24)6-2/h1-2,15-18,23-24H,7-14H2,3-4H3/t15?,16-,17+,18+,19+,20+,21-,22+/m1/s1. The van der Waals surface area contributed by atoms with E-state index in [4.69, 9.17) is 12.8 Å². The highest BCUT2D eigenvalue weighted by Gasteiger charge is 2.66. The van der Waals surface area contributed by atoms with Crippen molar-refractivity contribution in [2.45, 2.75) is 76.4 Å². The van der Waals surface area contributed by atoms with Crippen LogP contribution in [0.2, 0.25) is 0 Å². The van der Waals surface area contributed by atoms with Gasteiger partial charge in [-0.1, -0.05) is 25.7 Å². The van der Waals surface area contributed by atoms with Crippen LogP contribution in [0.25, 0.3) is 0 Å². The molecule has 8 atom stereocenters. The number of hydrogen-bond acceptors (Lipinski definition) is 2. The Kier molecular flexibility index (Phi) is 3.31. The molecule has 24 heavy (non-hydrogen) atoms. The van der Waals surface area contributed by atoms with Crippen LogP contribution >= 0.6 is 0 Å². The molecule has 2 N–H and O–H groups in total. The predicted molar refractivity (Wildman–Crippen MR) is 94.7 cm³/mol. The Balaban J connectivity index is 1.68. The molecule has 0 aromatic rings. The Morgan fingerprint density at radius 1 is 0.917 bits per heavy atom. The molecule has 1 unspecified atom stereocenters. The molecule has 4 aliphatic carbocycles. The van der Waals surface area contributed by atoms with E-state index in [-0.39, 0.29) is 10.8 Å². The molecule has 0 saturated heterocycles. The summed E-state index contributed by atoms with van der Waals surface area (Å²) in [6.45, 7) is 4.59. The largest absolute Gasteiger partial charge is 0.378 e. The van der Waals surface area contributed by atoms with Gasteiger partial charge in [-0.25, -0.2) is 0 Å². The fourth-order valence-electron chi connectivity index (χ4n) is 7.62. The van der Waals surface area contributed by atoms with Gasteiger partial charge < -0.3 is 10.2 Å². The molecular formula is C22H30O2. The quantitative estimate of drug-likeness (QED) is 0.670. The lowest BCUT2D eigenvalue weighted by molar-refractivity contribution is -0.119. The normalized spacial score (nSPS) is 58.9. The van der Waals surface area contributed by atoms with E-state index in [1.807, 2.05) is 0 Å². The van der Waals surface area contributed by atoms with Crippen molar-refractivity contribution in [2.24, 2.45) is 34.5 Å². The minimum atomic E-state index is -0.935. The molecule has 130 valence electrons. The van der Waals surface area contributed by atoms with Gasteiger partial charge in [0.15, 0.2) is 0 Å². The lowest BCUT2D eigenvalue weighted by atomic mass is 9.47. The number of terminal acetylenes is 2. The third kappa shape index (κ3) is 1.83. The third-order valence-electron chi connectivity index (χ3n) is 8.98. The molecule has 4 saturated carbocycles. The molecule has 4 aliphatic rings. The van der Waals surface area contributed by atoms with Crippen LogP contribution in [0.4, 0.5) is 0 Å². The van der Waals surface area contributed by atoms with Gasteiger partial charge in [0, 0.05) is 5.41 Å². The van der Waals surface area contributed by atoms with Crippen molar-refractivity contribution in [3.05, 3.63) is 0 Å². The summed E-state index contributed by atoms with van der Waals surface area (Å²) in [4.78, 5) is 0. The Morgan fingerprint density at radius 3 is 2.29 bits per heavy atom. The van der Waals surface area contributed by atoms with E-state index < -0.39 is 11.2 Å². The van der Waals surface area contributed by atoms with Crippen LogP contribution in [0.1, 0.15) is 65.2 Å². The first kappa shape index (κ1) is 16.5. The minimum Gasteiger partial charge on any atom is -0.378 e. The molecule has 4 fully saturated rings. The highest BCUT2D eigenvalue weighted by molar-refractivity contribution is 5.25. The predicted octanol–water partition coefficient (Wildman–Crippen LogP) is 3.37.